The van der Waals surface area contributed by atoms with E-state index in [1.165, 1.54) is 0 Å². The zero-order valence-electron chi connectivity index (χ0n) is 14.1. The first-order chi connectivity index (χ1) is 11.4. The molecule has 1 N–H and O–H groups in total. The number of hydrogen-bond acceptors (Lipinski definition) is 4. The zero-order valence-corrected chi connectivity index (χ0v) is 14.1. The van der Waals surface area contributed by atoms with Gasteiger partial charge < -0.3 is 19.5 Å². The van der Waals surface area contributed by atoms with Gasteiger partial charge >= 0.3 is 0 Å². The molecule has 2 aromatic rings. The number of benzene rings is 2. The van der Waals surface area contributed by atoms with Crippen LogP contribution < -0.4 is 19.5 Å². The van der Waals surface area contributed by atoms with Crippen LogP contribution in [0.15, 0.2) is 42.5 Å². The van der Waals surface area contributed by atoms with E-state index >= 15 is 0 Å². The number of carbonyl (C=O) groups excluding carboxylic acids is 1. The highest BCUT2D eigenvalue weighted by Gasteiger charge is 2.17. The molecule has 0 atom stereocenters. The maximum atomic E-state index is 12.4. The van der Waals surface area contributed by atoms with E-state index in [2.05, 4.69) is 5.32 Å². The van der Waals surface area contributed by atoms with Crippen LogP contribution in [0, 0.1) is 0 Å². The first-order valence-corrected chi connectivity index (χ1v) is 7.87. The Morgan fingerprint density at radius 3 is 2.67 bits per heavy atom. The lowest BCUT2D eigenvalue weighted by Gasteiger charge is -2.23. The first kappa shape index (κ1) is 16.2. The molecule has 5 nitrogen and oxygen atoms in total. The number of carbonyl (C=O) groups is 1. The third kappa shape index (κ3) is 3.79. The van der Waals surface area contributed by atoms with Crippen molar-refractivity contribution in [3.63, 3.8) is 0 Å². The topological polar surface area (TPSA) is 56.8 Å². The van der Waals surface area contributed by atoms with Crippen LogP contribution in [-0.2, 0) is 6.54 Å². The predicted molar refractivity (Wildman–Crippen MR) is 90.6 cm³/mol. The van der Waals surface area contributed by atoms with E-state index in [1.54, 1.807) is 18.2 Å². The third-order valence-corrected chi connectivity index (χ3v) is 3.46. The van der Waals surface area contributed by atoms with Gasteiger partial charge in [0.25, 0.3) is 5.91 Å². The van der Waals surface area contributed by atoms with E-state index in [1.807, 2.05) is 45.0 Å². The van der Waals surface area contributed by atoms with Crippen LogP contribution in [0.1, 0.15) is 36.7 Å². The van der Waals surface area contributed by atoms with Gasteiger partial charge in [-0.05, 0) is 45.0 Å². The Kier molecular flexibility index (Phi) is 4.34. The van der Waals surface area contributed by atoms with Crippen LogP contribution in [0.2, 0.25) is 0 Å². The van der Waals surface area contributed by atoms with Gasteiger partial charge in [-0.25, -0.2) is 0 Å². The van der Waals surface area contributed by atoms with Crippen molar-refractivity contribution >= 4 is 5.91 Å². The van der Waals surface area contributed by atoms with Crippen LogP contribution in [0.25, 0.3) is 0 Å². The fraction of sp³-hybridized carbons (Fsp3) is 0.316. The molecule has 0 bridgehead atoms. The highest BCUT2D eigenvalue weighted by Crippen LogP contribution is 2.32. The lowest BCUT2D eigenvalue weighted by molar-refractivity contribution is 0.0949. The normalized spacial score (nSPS) is 12.8. The van der Waals surface area contributed by atoms with Gasteiger partial charge in [-0.2, -0.15) is 0 Å². The standard InChI is InChI=1S/C19H21NO4/c1-19(2,3)24-15-7-5-4-6-14(15)11-20-18(21)13-8-9-16-17(10-13)23-12-22-16/h4-10H,11-12H2,1-3H3,(H,20,21). The second-order valence-corrected chi connectivity index (χ2v) is 6.57. The van der Waals surface area contributed by atoms with Crippen molar-refractivity contribution in [2.24, 2.45) is 0 Å². The van der Waals surface area contributed by atoms with Crippen LogP contribution in [-0.4, -0.2) is 18.3 Å². The first-order valence-electron chi connectivity index (χ1n) is 7.87. The minimum Gasteiger partial charge on any atom is -0.488 e. The zero-order chi connectivity index (χ0) is 17.2. The average molecular weight is 327 g/mol. The molecule has 1 heterocycles. The number of fused-ring (bicyclic) bond motifs is 1. The summed E-state index contributed by atoms with van der Waals surface area (Å²) in [5.41, 5.74) is 1.17. The second-order valence-electron chi connectivity index (χ2n) is 6.57. The second kappa shape index (κ2) is 6.43. The number of amides is 1. The molecule has 2 aromatic carbocycles. The highest BCUT2D eigenvalue weighted by atomic mass is 16.7. The fourth-order valence-electron chi connectivity index (χ4n) is 2.39. The Bertz CT molecular complexity index is 749. The van der Waals surface area contributed by atoms with E-state index in [0.29, 0.717) is 23.6 Å². The number of para-hydroxylation sites is 1. The molecule has 126 valence electrons. The lowest BCUT2D eigenvalue weighted by atomic mass is 10.1. The van der Waals surface area contributed by atoms with E-state index < -0.39 is 0 Å². The molecule has 0 unspecified atom stereocenters. The molecule has 0 saturated heterocycles. The van der Waals surface area contributed by atoms with Crippen LogP contribution in [0.3, 0.4) is 0 Å². The van der Waals surface area contributed by atoms with Gasteiger partial charge in [0.05, 0.1) is 0 Å². The minimum absolute atomic E-state index is 0.168. The molecule has 0 saturated carbocycles. The summed E-state index contributed by atoms with van der Waals surface area (Å²) in [5.74, 6) is 1.87. The predicted octanol–water partition coefficient (Wildman–Crippen LogP) is 3.52. The molecular formula is C19H21NO4. The van der Waals surface area contributed by atoms with Gasteiger partial charge in [-0.15, -0.1) is 0 Å². The molecule has 0 spiro atoms. The van der Waals surface area contributed by atoms with Crippen molar-refractivity contribution in [3.8, 4) is 17.2 Å². The van der Waals surface area contributed by atoms with E-state index in [4.69, 9.17) is 14.2 Å². The van der Waals surface area contributed by atoms with Crippen molar-refractivity contribution in [1.29, 1.82) is 0 Å². The quantitative estimate of drug-likeness (QED) is 0.933. The molecule has 1 amide bonds. The number of rotatable bonds is 4. The Labute approximate surface area is 141 Å². The molecule has 0 aromatic heterocycles. The Morgan fingerprint density at radius 1 is 1.12 bits per heavy atom. The molecule has 5 heteroatoms. The van der Waals surface area contributed by atoms with Crippen LogP contribution in [0.4, 0.5) is 0 Å². The maximum Gasteiger partial charge on any atom is 0.251 e. The monoisotopic (exact) mass is 327 g/mol. The molecule has 0 aliphatic carbocycles. The highest BCUT2D eigenvalue weighted by molar-refractivity contribution is 5.94. The minimum atomic E-state index is -0.294. The van der Waals surface area contributed by atoms with Crippen molar-refractivity contribution in [1.82, 2.24) is 5.32 Å². The lowest BCUT2D eigenvalue weighted by Crippen LogP contribution is -2.26. The summed E-state index contributed by atoms with van der Waals surface area (Å²) in [6.45, 7) is 6.57. The van der Waals surface area contributed by atoms with Gasteiger partial charge in [0, 0.05) is 17.7 Å². The Morgan fingerprint density at radius 2 is 1.88 bits per heavy atom. The van der Waals surface area contributed by atoms with Crippen molar-refractivity contribution in [2.45, 2.75) is 32.9 Å². The van der Waals surface area contributed by atoms with Gasteiger partial charge in [-0.1, -0.05) is 18.2 Å². The summed E-state index contributed by atoms with van der Waals surface area (Å²) >= 11 is 0. The van der Waals surface area contributed by atoms with E-state index in [0.717, 1.165) is 11.3 Å². The van der Waals surface area contributed by atoms with Crippen molar-refractivity contribution < 1.29 is 19.0 Å². The average Bonchev–Trinajstić information content (AvgIpc) is 2.99. The summed E-state index contributed by atoms with van der Waals surface area (Å²) in [5, 5.41) is 2.92. The van der Waals surface area contributed by atoms with E-state index in [-0.39, 0.29) is 18.3 Å². The molecule has 3 rings (SSSR count). The van der Waals surface area contributed by atoms with Crippen LogP contribution >= 0.6 is 0 Å². The Hall–Kier alpha value is -2.69. The number of ether oxygens (including phenoxy) is 3. The molecule has 0 fully saturated rings. The molecular weight excluding hydrogens is 306 g/mol. The van der Waals surface area contributed by atoms with E-state index in [9.17, 15) is 4.79 Å². The van der Waals surface area contributed by atoms with Gasteiger partial charge in [0.1, 0.15) is 11.4 Å². The van der Waals surface area contributed by atoms with Gasteiger partial charge in [0.15, 0.2) is 11.5 Å². The van der Waals surface area contributed by atoms with Crippen molar-refractivity contribution in [3.05, 3.63) is 53.6 Å². The largest absolute Gasteiger partial charge is 0.488 e. The van der Waals surface area contributed by atoms with Crippen LogP contribution in [0.5, 0.6) is 17.2 Å². The maximum absolute atomic E-state index is 12.4. The molecule has 0 radical (unpaired) electrons. The summed E-state index contributed by atoms with van der Waals surface area (Å²) in [6.07, 6.45) is 0. The van der Waals surface area contributed by atoms with Crippen molar-refractivity contribution in [2.75, 3.05) is 6.79 Å². The molecule has 24 heavy (non-hydrogen) atoms. The van der Waals surface area contributed by atoms with Gasteiger partial charge in [0.2, 0.25) is 6.79 Å². The SMILES string of the molecule is CC(C)(C)Oc1ccccc1CNC(=O)c1ccc2c(c1)OCO2. The van der Waals surface area contributed by atoms with Gasteiger partial charge in [-0.3, -0.25) is 4.79 Å². The fourth-order valence-corrected chi connectivity index (χ4v) is 2.39. The smallest absolute Gasteiger partial charge is 0.251 e. The third-order valence-electron chi connectivity index (χ3n) is 3.46. The molecule has 1 aliphatic heterocycles. The Balaban J connectivity index is 1.68. The summed E-state index contributed by atoms with van der Waals surface area (Å²) in [6, 6.07) is 12.9. The number of hydrogen-bond donors (Lipinski definition) is 1. The summed E-state index contributed by atoms with van der Waals surface area (Å²) in [4.78, 5) is 12.4. The summed E-state index contributed by atoms with van der Waals surface area (Å²) in [7, 11) is 0. The molecule has 1 aliphatic rings. The number of nitrogens with one attached hydrogen (secondary N) is 1. The summed E-state index contributed by atoms with van der Waals surface area (Å²) < 4.78 is 16.5.